The number of benzene rings is 2. The number of piperazine rings is 1. The van der Waals surface area contributed by atoms with Gasteiger partial charge in [-0.25, -0.2) is 4.68 Å². The summed E-state index contributed by atoms with van der Waals surface area (Å²) in [4.78, 5) is 29.5. The van der Waals surface area contributed by atoms with E-state index in [0.717, 1.165) is 16.7 Å². The number of fused-ring (bicyclic) bond motifs is 1. The molecular weight excluding hydrogens is 454 g/mol. The van der Waals surface area contributed by atoms with Crippen molar-refractivity contribution in [2.75, 3.05) is 26.2 Å². The van der Waals surface area contributed by atoms with Crippen LogP contribution in [0.1, 0.15) is 39.0 Å². The lowest BCUT2D eigenvalue weighted by Gasteiger charge is -2.34. The minimum atomic E-state index is -0.169. The molecule has 1 aromatic heterocycles. The predicted molar refractivity (Wildman–Crippen MR) is 126 cm³/mol. The molecule has 1 fully saturated rings. The molecule has 34 heavy (non-hydrogen) atoms. The second kappa shape index (κ2) is 9.56. The molecule has 2 aliphatic rings. The molecular formula is C25H26ClN5O3. The molecule has 2 aromatic carbocycles. The predicted octanol–water partition coefficient (Wildman–Crippen LogP) is 3.04. The summed E-state index contributed by atoms with van der Waals surface area (Å²) in [7, 11) is 0. The molecule has 0 radical (unpaired) electrons. The lowest BCUT2D eigenvalue weighted by atomic mass is 10.1. The van der Waals surface area contributed by atoms with E-state index in [9.17, 15) is 9.59 Å². The van der Waals surface area contributed by atoms with Crippen molar-refractivity contribution >= 4 is 23.4 Å². The van der Waals surface area contributed by atoms with Crippen LogP contribution in [-0.4, -0.2) is 62.8 Å². The molecule has 0 bridgehead atoms. The Bertz CT molecular complexity index is 1200. The van der Waals surface area contributed by atoms with Crippen molar-refractivity contribution in [1.29, 1.82) is 0 Å². The summed E-state index contributed by atoms with van der Waals surface area (Å²) in [6, 6.07) is 15.4. The molecule has 8 nitrogen and oxygen atoms in total. The summed E-state index contributed by atoms with van der Waals surface area (Å²) in [5.74, 6) is -0.0788. The zero-order valence-electron chi connectivity index (χ0n) is 19.0. The number of rotatable bonds is 4. The summed E-state index contributed by atoms with van der Waals surface area (Å²) in [6.07, 6.45) is 0.211. The summed E-state index contributed by atoms with van der Waals surface area (Å²) in [5, 5.41) is 9.06. The number of aryl methyl sites for hydroxylation is 1. The molecule has 1 saturated heterocycles. The zero-order chi connectivity index (χ0) is 23.7. The Kier molecular flexibility index (Phi) is 6.34. The third-order valence-electron chi connectivity index (χ3n) is 6.56. The fourth-order valence-corrected chi connectivity index (χ4v) is 4.57. The number of carbonyl (C=O) groups excluding carboxylic acids is 2. The molecule has 2 aliphatic heterocycles. The van der Waals surface area contributed by atoms with Gasteiger partial charge in [0.15, 0.2) is 5.69 Å². The van der Waals surface area contributed by atoms with Gasteiger partial charge in [-0.2, -0.15) is 0 Å². The van der Waals surface area contributed by atoms with E-state index in [2.05, 4.69) is 10.3 Å². The van der Waals surface area contributed by atoms with Crippen LogP contribution in [0.25, 0.3) is 0 Å². The highest BCUT2D eigenvalue weighted by molar-refractivity contribution is 6.30. The quantitative estimate of drug-likeness (QED) is 0.574. The SMILES string of the molecule is Cc1ccccc1CC(=O)N1CCN(C(=O)c2nnn3c2CO[C@@H](c2ccc(Cl)cc2)C3)CC1. The Balaban J connectivity index is 1.19. The number of amides is 2. The van der Waals surface area contributed by atoms with Crippen LogP contribution in [0.2, 0.25) is 5.02 Å². The minimum Gasteiger partial charge on any atom is -0.365 e. The number of hydrogen-bond acceptors (Lipinski definition) is 5. The third-order valence-corrected chi connectivity index (χ3v) is 6.82. The lowest BCUT2D eigenvalue weighted by Crippen LogP contribution is -2.51. The molecule has 1 atom stereocenters. The molecule has 3 heterocycles. The molecule has 3 aromatic rings. The minimum absolute atomic E-state index is 0.0871. The fraction of sp³-hybridized carbons (Fsp3) is 0.360. The van der Waals surface area contributed by atoms with E-state index < -0.39 is 0 Å². The first-order valence-corrected chi connectivity index (χ1v) is 11.8. The van der Waals surface area contributed by atoms with Crippen LogP contribution >= 0.6 is 11.6 Å². The van der Waals surface area contributed by atoms with E-state index in [0.29, 0.717) is 55.6 Å². The zero-order valence-corrected chi connectivity index (χ0v) is 19.7. The molecule has 176 valence electrons. The van der Waals surface area contributed by atoms with Crippen molar-refractivity contribution in [2.45, 2.75) is 32.6 Å². The Hall–Kier alpha value is -3.23. The van der Waals surface area contributed by atoms with Crippen molar-refractivity contribution in [3.8, 4) is 0 Å². The summed E-state index contributed by atoms with van der Waals surface area (Å²) < 4.78 is 7.76. The molecule has 0 saturated carbocycles. The summed E-state index contributed by atoms with van der Waals surface area (Å²) in [6.45, 7) is 4.72. The average Bonchev–Trinajstić information content (AvgIpc) is 3.29. The summed E-state index contributed by atoms with van der Waals surface area (Å²) >= 11 is 5.98. The normalized spacial score (nSPS) is 18.0. The molecule has 0 unspecified atom stereocenters. The number of nitrogens with zero attached hydrogens (tertiary/aromatic N) is 5. The Labute approximate surface area is 203 Å². The monoisotopic (exact) mass is 479 g/mol. The van der Waals surface area contributed by atoms with Crippen molar-refractivity contribution in [3.05, 3.63) is 81.6 Å². The van der Waals surface area contributed by atoms with Crippen molar-refractivity contribution in [1.82, 2.24) is 24.8 Å². The van der Waals surface area contributed by atoms with Crippen LogP contribution in [0.4, 0.5) is 0 Å². The number of aromatic nitrogens is 3. The van der Waals surface area contributed by atoms with Gasteiger partial charge in [-0.05, 0) is 35.7 Å². The van der Waals surface area contributed by atoms with E-state index in [1.54, 1.807) is 9.58 Å². The van der Waals surface area contributed by atoms with Gasteiger partial charge >= 0.3 is 0 Å². The smallest absolute Gasteiger partial charge is 0.276 e. The van der Waals surface area contributed by atoms with Crippen molar-refractivity contribution in [3.63, 3.8) is 0 Å². The van der Waals surface area contributed by atoms with Gasteiger partial charge in [0.05, 0.1) is 25.3 Å². The molecule has 0 N–H and O–H groups in total. The van der Waals surface area contributed by atoms with Gasteiger partial charge in [0, 0.05) is 31.2 Å². The lowest BCUT2D eigenvalue weighted by molar-refractivity contribution is -0.131. The maximum Gasteiger partial charge on any atom is 0.276 e. The van der Waals surface area contributed by atoms with Gasteiger partial charge in [-0.1, -0.05) is 53.2 Å². The second-order valence-corrected chi connectivity index (χ2v) is 9.13. The maximum atomic E-state index is 13.2. The molecule has 2 amide bonds. The van der Waals surface area contributed by atoms with E-state index in [1.807, 2.05) is 60.4 Å². The van der Waals surface area contributed by atoms with Gasteiger partial charge in [-0.3, -0.25) is 9.59 Å². The van der Waals surface area contributed by atoms with Crippen LogP contribution in [0.15, 0.2) is 48.5 Å². The van der Waals surface area contributed by atoms with Crippen LogP contribution < -0.4 is 0 Å². The number of hydrogen-bond donors (Lipinski definition) is 0. The van der Waals surface area contributed by atoms with Crippen molar-refractivity contribution < 1.29 is 14.3 Å². The highest BCUT2D eigenvalue weighted by Gasteiger charge is 2.32. The molecule has 5 rings (SSSR count). The number of carbonyl (C=O) groups is 2. The van der Waals surface area contributed by atoms with E-state index >= 15 is 0 Å². The van der Waals surface area contributed by atoms with Gasteiger partial charge < -0.3 is 14.5 Å². The first-order chi connectivity index (χ1) is 16.5. The maximum absolute atomic E-state index is 13.2. The van der Waals surface area contributed by atoms with Gasteiger partial charge in [0.25, 0.3) is 5.91 Å². The first kappa shape index (κ1) is 22.6. The number of halogens is 1. The Morgan fingerprint density at radius 3 is 2.47 bits per heavy atom. The van der Waals surface area contributed by atoms with Crippen LogP contribution in [-0.2, 0) is 29.1 Å². The summed E-state index contributed by atoms with van der Waals surface area (Å²) in [5.41, 5.74) is 4.17. The molecule has 0 spiro atoms. The largest absolute Gasteiger partial charge is 0.365 e. The van der Waals surface area contributed by atoms with E-state index in [1.165, 1.54) is 0 Å². The van der Waals surface area contributed by atoms with Crippen LogP contribution in [0.5, 0.6) is 0 Å². The third kappa shape index (κ3) is 4.56. The van der Waals surface area contributed by atoms with E-state index in [4.69, 9.17) is 16.3 Å². The van der Waals surface area contributed by atoms with Crippen LogP contribution in [0, 0.1) is 6.92 Å². The van der Waals surface area contributed by atoms with Gasteiger partial charge in [0.2, 0.25) is 5.91 Å². The average molecular weight is 480 g/mol. The number of ether oxygens (including phenoxy) is 1. The topological polar surface area (TPSA) is 80.6 Å². The Morgan fingerprint density at radius 2 is 1.74 bits per heavy atom. The highest BCUT2D eigenvalue weighted by Crippen LogP contribution is 2.28. The Morgan fingerprint density at radius 1 is 1.03 bits per heavy atom. The van der Waals surface area contributed by atoms with Crippen LogP contribution in [0.3, 0.4) is 0 Å². The second-order valence-electron chi connectivity index (χ2n) is 8.69. The molecule has 9 heteroatoms. The van der Waals surface area contributed by atoms with Crippen molar-refractivity contribution in [2.24, 2.45) is 0 Å². The standard InChI is InChI=1S/C25H26ClN5O3/c1-17-4-2-3-5-19(17)14-23(32)29-10-12-30(13-11-29)25(33)24-21-16-34-22(15-31(21)28-27-24)18-6-8-20(26)9-7-18/h2-9,22H,10-16H2,1H3/t22-/m1/s1. The fourth-order valence-electron chi connectivity index (χ4n) is 4.45. The highest BCUT2D eigenvalue weighted by atomic mass is 35.5. The molecule has 0 aliphatic carbocycles. The first-order valence-electron chi connectivity index (χ1n) is 11.4. The van der Waals surface area contributed by atoms with E-state index in [-0.39, 0.29) is 24.5 Å². The van der Waals surface area contributed by atoms with Gasteiger partial charge in [-0.15, -0.1) is 5.10 Å². The van der Waals surface area contributed by atoms with Gasteiger partial charge in [0.1, 0.15) is 6.10 Å².